The van der Waals surface area contributed by atoms with E-state index in [9.17, 15) is 10.1 Å². The van der Waals surface area contributed by atoms with Crippen LogP contribution in [-0.2, 0) is 4.74 Å². The van der Waals surface area contributed by atoms with E-state index in [1.165, 1.54) is 6.07 Å². The third-order valence-electron chi connectivity index (χ3n) is 3.28. The predicted octanol–water partition coefficient (Wildman–Crippen LogP) is 3.54. The van der Waals surface area contributed by atoms with E-state index in [1.54, 1.807) is 6.07 Å². The molecule has 5 nitrogen and oxygen atoms in total. The van der Waals surface area contributed by atoms with Crippen molar-refractivity contribution >= 4 is 23.0 Å². The first kappa shape index (κ1) is 14.1. The number of nitro groups is 1. The molecule has 1 aromatic rings. The van der Waals surface area contributed by atoms with E-state index in [4.69, 9.17) is 16.3 Å². The molecular formula is C13H17ClN2O3. The molecule has 19 heavy (non-hydrogen) atoms. The molecule has 0 aliphatic carbocycles. The second kappa shape index (κ2) is 6.21. The van der Waals surface area contributed by atoms with Crippen LogP contribution in [0.5, 0.6) is 0 Å². The van der Waals surface area contributed by atoms with Crippen molar-refractivity contribution in [1.29, 1.82) is 0 Å². The van der Waals surface area contributed by atoms with Crippen molar-refractivity contribution in [3.05, 3.63) is 32.8 Å². The van der Waals surface area contributed by atoms with Gasteiger partial charge in [-0.05, 0) is 31.7 Å². The number of aryl methyl sites for hydroxylation is 1. The molecule has 0 spiro atoms. The highest BCUT2D eigenvalue weighted by Gasteiger charge is 2.17. The summed E-state index contributed by atoms with van der Waals surface area (Å²) in [6.45, 7) is 3.36. The molecule has 1 aliphatic heterocycles. The van der Waals surface area contributed by atoms with Crippen molar-refractivity contribution in [1.82, 2.24) is 0 Å². The number of rotatable bonds is 3. The van der Waals surface area contributed by atoms with Crippen LogP contribution in [0.1, 0.15) is 24.8 Å². The van der Waals surface area contributed by atoms with Gasteiger partial charge in [0.15, 0.2) is 0 Å². The minimum Gasteiger partial charge on any atom is -0.381 e. The molecule has 0 aromatic heterocycles. The number of halogens is 1. The Bertz CT molecular complexity index is 448. The summed E-state index contributed by atoms with van der Waals surface area (Å²) in [5.41, 5.74) is 1.61. The number of ether oxygens (including phenoxy) is 1. The summed E-state index contributed by atoms with van der Waals surface area (Å²) in [5.74, 6) is 0. The maximum absolute atomic E-state index is 10.8. The first-order valence-corrected chi connectivity index (χ1v) is 6.74. The lowest BCUT2D eigenvalue weighted by molar-refractivity contribution is -0.384. The third kappa shape index (κ3) is 3.58. The zero-order valence-corrected chi connectivity index (χ0v) is 11.6. The van der Waals surface area contributed by atoms with Crippen molar-refractivity contribution < 1.29 is 9.66 Å². The molecular weight excluding hydrogens is 268 g/mol. The molecule has 0 amide bonds. The zero-order chi connectivity index (χ0) is 13.8. The van der Waals surface area contributed by atoms with Crippen molar-refractivity contribution in [2.75, 3.05) is 18.5 Å². The van der Waals surface area contributed by atoms with Gasteiger partial charge in [0, 0.05) is 31.4 Å². The first-order valence-electron chi connectivity index (χ1n) is 6.36. The Hall–Kier alpha value is -1.33. The fourth-order valence-corrected chi connectivity index (χ4v) is 2.58. The molecule has 1 heterocycles. The number of hydrogen-bond acceptors (Lipinski definition) is 4. The van der Waals surface area contributed by atoms with Crippen LogP contribution in [0.3, 0.4) is 0 Å². The topological polar surface area (TPSA) is 64.4 Å². The molecule has 1 aliphatic rings. The van der Waals surface area contributed by atoms with E-state index < -0.39 is 4.92 Å². The second-order valence-electron chi connectivity index (χ2n) is 4.76. The van der Waals surface area contributed by atoms with Crippen LogP contribution >= 0.6 is 11.6 Å². The molecule has 6 heteroatoms. The van der Waals surface area contributed by atoms with Gasteiger partial charge in [-0.3, -0.25) is 10.1 Å². The number of nitro benzene ring substituents is 1. The highest BCUT2D eigenvalue weighted by atomic mass is 35.5. The van der Waals surface area contributed by atoms with Crippen molar-refractivity contribution in [3.8, 4) is 0 Å². The highest BCUT2D eigenvalue weighted by Crippen LogP contribution is 2.32. The van der Waals surface area contributed by atoms with Gasteiger partial charge in [0.2, 0.25) is 0 Å². The summed E-state index contributed by atoms with van der Waals surface area (Å²) in [5, 5.41) is 14.6. The van der Waals surface area contributed by atoms with Crippen LogP contribution in [0.2, 0.25) is 5.02 Å². The maximum Gasteiger partial charge on any atom is 0.271 e. The number of benzene rings is 1. The summed E-state index contributed by atoms with van der Waals surface area (Å²) in [7, 11) is 0. The number of nitrogens with zero attached hydrogens (tertiary/aromatic N) is 1. The second-order valence-corrected chi connectivity index (χ2v) is 5.17. The molecule has 104 valence electrons. The van der Waals surface area contributed by atoms with Gasteiger partial charge in [0.25, 0.3) is 5.69 Å². The van der Waals surface area contributed by atoms with E-state index in [-0.39, 0.29) is 5.69 Å². The summed E-state index contributed by atoms with van der Waals surface area (Å²) in [6, 6.07) is 3.24. The Morgan fingerprint density at radius 1 is 1.42 bits per heavy atom. The van der Waals surface area contributed by atoms with Crippen LogP contribution in [0.25, 0.3) is 0 Å². The zero-order valence-electron chi connectivity index (χ0n) is 10.8. The lowest BCUT2D eigenvalue weighted by atomic mass is 10.1. The molecule has 0 bridgehead atoms. The summed E-state index contributed by atoms with van der Waals surface area (Å²) in [4.78, 5) is 10.3. The average molecular weight is 285 g/mol. The Labute approximate surface area is 117 Å². The molecule has 0 saturated carbocycles. The van der Waals surface area contributed by atoms with Crippen molar-refractivity contribution in [2.24, 2.45) is 0 Å². The van der Waals surface area contributed by atoms with E-state index in [2.05, 4.69) is 5.32 Å². The Balaban J connectivity index is 2.17. The fraction of sp³-hybridized carbons (Fsp3) is 0.538. The molecule has 1 fully saturated rings. The Morgan fingerprint density at radius 2 is 2.21 bits per heavy atom. The van der Waals surface area contributed by atoms with E-state index in [0.717, 1.165) is 43.7 Å². The summed E-state index contributed by atoms with van der Waals surface area (Å²) in [6.07, 6.45) is 2.96. The van der Waals surface area contributed by atoms with E-state index >= 15 is 0 Å². The smallest absolute Gasteiger partial charge is 0.271 e. The lowest BCUT2D eigenvalue weighted by Crippen LogP contribution is -2.20. The average Bonchev–Trinajstić information content (AvgIpc) is 2.61. The van der Waals surface area contributed by atoms with E-state index in [0.29, 0.717) is 11.1 Å². The lowest BCUT2D eigenvalue weighted by Gasteiger charge is -2.19. The standard InChI is InChI=1S/C13H17ClN2O3/c1-9-7-11(16(17)18)8-12(14)13(9)15-10-3-2-5-19-6-4-10/h7-8,10,15H,2-6H2,1H3. The first-order chi connectivity index (χ1) is 9.08. The minimum atomic E-state index is -0.428. The number of anilines is 1. The molecule has 1 aromatic carbocycles. The van der Waals surface area contributed by atoms with Gasteiger partial charge < -0.3 is 10.1 Å². The number of non-ortho nitro benzene ring substituents is 1. The van der Waals surface area contributed by atoms with Crippen LogP contribution < -0.4 is 5.32 Å². The SMILES string of the molecule is Cc1cc([N+](=O)[O-])cc(Cl)c1NC1CCCOCC1. The maximum atomic E-state index is 10.8. The summed E-state index contributed by atoms with van der Waals surface area (Å²) >= 11 is 6.14. The van der Waals surface area contributed by atoms with Crippen LogP contribution in [0, 0.1) is 17.0 Å². The monoisotopic (exact) mass is 284 g/mol. The molecule has 1 atom stereocenters. The normalized spacial score (nSPS) is 19.8. The number of hydrogen-bond donors (Lipinski definition) is 1. The van der Waals surface area contributed by atoms with Gasteiger partial charge >= 0.3 is 0 Å². The van der Waals surface area contributed by atoms with Gasteiger partial charge in [-0.1, -0.05) is 11.6 Å². The minimum absolute atomic E-state index is 0.0252. The van der Waals surface area contributed by atoms with Gasteiger partial charge in [-0.2, -0.15) is 0 Å². The van der Waals surface area contributed by atoms with Crippen molar-refractivity contribution in [3.63, 3.8) is 0 Å². The van der Waals surface area contributed by atoms with Gasteiger partial charge in [0.1, 0.15) is 0 Å². The molecule has 1 saturated heterocycles. The quantitative estimate of drug-likeness (QED) is 0.681. The molecule has 0 radical (unpaired) electrons. The van der Waals surface area contributed by atoms with Crippen LogP contribution in [0.15, 0.2) is 12.1 Å². The highest BCUT2D eigenvalue weighted by molar-refractivity contribution is 6.33. The van der Waals surface area contributed by atoms with Crippen LogP contribution in [-0.4, -0.2) is 24.2 Å². The predicted molar refractivity (Wildman–Crippen MR) is 74.9 cm³/mol. The third-order valence-corrected chi connectivity index (χ3v) is 3.58. The molecule has 2 rings (SSSR count). The van der Waals surface area contributed by atoms with Crippen molar-refractivity contribution in [2.45, 2.75) is 32.2 Å². The Kier molecular flexibility index (Phi) is 4.61. The molecule has 1 N–H and O–H groups in total. The largest absolute Gasteiger partial charge is 0.381 e. The van der Waals surface area contributed by atoms with Gasteiger partial charge in [-0.15, -0.1) is 0 Å². The summed E-state index contributed by atoms with van der Waals surface area (Å²) < 4.78 is 5.41. The van der Waals surface area contributed by atoms with Gasteiger partial charge in [0.05, 0.1) is 15.6 Å². The van der Waals surface area contributed by atoms with Gasteiger partial charge in [-0.25, -0.2) is 0 Å². The van der Waals surface area contributed by atoms with E-state index in [1.807, 2.05) is 6.92 Å². The van der Waals surface area contributed by atoms with Crippen LogP contribution in [0.4, 0.5) is 11.4 Å². The molecule has 1 unspecified atom stereocenters. The fourth-order valence-electron chi connectivity index (χ4n) is 2.27. The number of nitrogens with one attached hydrogen (secondary N) is 1. The Morgan fingerprint density at radius 3 is 2.89 bits per heavy atom.